The predicted molar refractivity (Wildman–Crippen MR) is 99.0 cm³/mol. The molecule has 0 saturated carbocycles. The van der Waals surface area contributed by atoms with E-state index in [2.05, 4.69) is 96.9 Å². The molecule has 0 aromatic heterocycles. The van der Waals surface area contributed by atoms with Crippen LogP contribution in [0.2, 0.25) is 0 Å². The molecule has 3 aromatic carbocycles. The second-order valence-corrected chi connectivity index (χ2v) is 7.26. The Bertz CT molecular complexity index is 800. The Morgan fingerprint density at radius 1 is 0.783 bits per heavy atom. The fourth-order valence-electron chi connectivity index (χ4n) is 3.35. The van der Waals surface area contributed by atoms with Gasteiger partial charge in [-0.15, -0.1) is 0 Å². The molecule has 1 atom stereocenters. The topological polar surface area (TPSA) is 3.24 Å². The zero-order valence-corrected chi connectivity index (χ0v) is 14.0. The maximum atomic E-state index is 2.44. The highest BCUT2D eigenvalue weighted by Crippen LogP contribution is 2.56. The summed E-state index contributed by atoms with van der Waals surface area (Å²) in [6, 6.07) is 30.3. The molecule has 4 rings (SSSR count). The van der Waals surface area contributed by atoms with Crippen molar-refractivity contribution in [3.8, 4) is 0 Å². The minimum absolute atomic E-state index is 0.0910. The van der Waals surface area contributed by atoms with E-state index < -0.39 is 0 Å². The first-order valence-electron chi connectivity index (χ1n) is 7.91. The predicted octanol–water partition coefficient (Wildman–Crippen LogP) is 5.32. The van der Waals surface area contributed by atoms with Crippen molar-refractivity contribution in [3.63, 3.8) is 0 Å². The summed E-state index contributed by atoms with van der Waals surface area (Å²) in [6.45, 7) is 0. The van der Waals surface area contributed by atoms with Gasteiger partial charge in [-0.3, -0.25) is 0 Å². The molecule has 1 aliphatic rings. The van der Waals surface area contributed by atoms with Crippen LogP contribution in [0.5, 0.6) is 0 Å². The van der Waals surface area contributed by atoms with Gasteiger partial charge in [-0.2, -0.15) is 0 Å². The van der Waals surface area contributed by atoms with E-state index >= 15 is 0 Å². The van der Waals surface area contributed by atoms with E-state index in [9.17, 15) is 0 Å². The van der Waals surface area contributed by atoms with Crippen molar-refractivity contribution in [2.24, 2.45) is 0 Å². The number of benzene rings is 3. The lowest BCUT2D eigenvalue weighted by Gasteiger charge is -2.37. The Hall–Kier alpha value is -2.19. The molecule has 0 bridgehead atoms. The van der Waals surface area contributed by atoms with Gasteiger partial charge in [0.25, 0.3) is 0 Å². The van der Waals surface area contributed by atoms with Crippen LogP contribution in [0.15, 0.2) is 89.8 Å². The molecule has 2 heteroatoms. The Kier molecular flexibility index (Phi) is 3.62. The van der Waals surface area contributed by atoms with Crippen LogP contribution in [0.25, 0.3) is 0 Å². The van der Waals surface area contributed by atoms with Crippen LogP contribution in [-0.4, -0.2) is 7.05 Å². The summed E-state index contributed by atoms with van der Waals surface area (Å²) in [5.74, 6) is 0. The number of para-hydroxylation sites is 1. The summed E-state index contributed by atoms with van der Waals surface area (Å²) in [6.07, 6.45) is 0.980. The van der Waals surface area contributed by atoms with Gasteiger partial charge in [-0.1, -0.05) is 84.6 Å². The first kappa shape index (κ1) is 14.4. The number of hydrogen-bond donors (Lipinski definition) is 0. The Morgan fingerprint density at radius 3 is 2.09 bits per heavy atom. The lowest BCUT2D eigenvalue weighted by molar-refractivity contribution is 0.615. The van der Waals surface area contributed by atoms with E-state index in [-0.39, 0.29) is 4.87 Å². The summed E-state index contributed by atoms with van der Waals surface area (Å²) < 4.78 is 0. The van der Waals surface area contributed by atoms with Crippen LogP contribution in [0.1, 0.15) is 11.1 Å². The minimum atomic E-state index is -0.0910. The molecule has 0 aliphatic carbocycles. The lowest BCUT2D eigenvalue weighted by Crippen LogP contribution is -2.39. The van der Waals surface area contributed by atoms with Crippen LogP contribution in [-0.2, 0) is 11.3 Å². The molecule has 1 nitrogen and oxygen atoms in total. The zero-order valence-electron chi connectivity index (χ0n) is 13.1. The fraction of sp³-hybridized carbons (Fsp3) is 0.143. The van der Waals surface area contributed by atoms with Gasteiger partial charge in [0.1, 0.15) is 4.87 Å². The summed E-state index contributed by atoms with van der Waals surface area (Å²) >= 11 is 1.97. The molecule has 1 unspecified atom stereocenters. The largest absolute Gasteiger partial charge is 0.355 e. The minimum Gasteiger partial charge on any atom is -0.355 e. The number of fused-ring (bicyclic) bond motifs is 1. The number of hydrogen-bond acceptors (Lipinski definition) is 2. The van der Waals surface area contributed by atoms with E-state index in [4.69, 9.17) is 0 Å². The molecule has 0 amide bonds. The lowest BCUT2D eigenvalue weighted by atomic mass is 9.96. The highest BCUT2D eigenvalue weighted by atomic mass is 32.2. The molecular formula is C21H19NS. The van der Waals surface area contributed by atoms with Crippen molar-refractivity contribution in [1.29, 1.82) is 0 Å². The maximum Gasteiger partial charge on any atom is 0.120 e. The van der Waals surface area contributed by atoms with Crippen LogP contribution in [0.4, 0.5) is 5.69 Å². The Morgan fingerprint density at radius 2 is 1.39 bits per heavy atom. The molecule has 0 saturated heterocycles. The van der Waals surface area contributed by atoms with E-state index in [1.165, 1.54) is 21.7 Å². The molecule has 3 aromatic rings. The number of rotatable bonds is 3. The second kappa shape index (κ2) is 5.78. The van der Waals surface area contributed by atoms with Crippen molar-refractivity contribution in [1.82, 2.24) is 0 Å². The molecule has 0 N–H and O–H groups in total. The second-order valence-electron chi connectivity index (χ2n) is 5.94. The number of anilines is 1. The third-order valence-electron chi connectivity index (χ3n) is 4.56. The van der Waals surface area contributed by atoms with E-state index in [1.54, 1.807) is 0 Å². The molecule has 1 aliphatic heterocycles. The highest BCUT2D eigenvalue weighted by Gasteiger charge is 2.44. The van der Waals surface area contributed by atoms with E-state index in [0.717, 1.165) is 6.42 Å². The molecule has 0 spiro atoms. The van der Waals surface area contributed by atoms with Crippen molar-refractivity contribution in [2.45, 2.75) is 16.2 Å². The van der Waals surface area contributed by atoms with Crippen molar-refractivity contribution < 1.29 is 0 Å². The smallest absolute Gasteiger partial charge is 0.120 e. The molecular weight excluding hydrogens is 298 g/mol. The quantitative estimate of drug-likeness (QED) is 0.643. The summed E-state index contributed by atoms with van der Waals surface area (Å²) in [5, 5.41) is 0. The van der Waals surface area contributed by atoms with Crippen LogP contribution in [0.3, 0.4) is 0 Å². The van der Waals surface area contributed by atoms with Crippen molar-refractivity contribution in [2.75, 3.05) is 11.9 Å². The maximum absolute atomic E-state index is 2.44. The van der Waals surface area contributed by atoms with Gasteiger partial charge in [0, 0.05) is 18.4 Å². The average molecular weight is 317 g/mol. The van der Waals surface area contributed by atoms with Crippen LogP contribution >= 0.6 is 11.8 Å². The zero-order chi connectivity index (χ0) is 15.7. The fourth-order valence-corrected chi connectivity index (χ4v) is 4.89. The normalized spacial score (nSPS) is 19.6. The van der Waals surface area contributed by atoms with Gasteiger partial charge in [-0.25, -0.2) is 0 Å². The number of thioether (sulfide) groups is 1. The highest BCUT2D eigenvalue weighted by molar-refractivity contribution is 8.00. The molecule has 0 radical (unpaired) electrons. The average Bonchev–Trinajstić information content (AvgIpc) is 2.90. The molecule has 0 fully saturated rings. The SMILES string of the molecule is CN1c2ccccc2SC1(Cc1ccccc1)c1ccccc1. The summed E-state index contributed by atoms with van der Waals surface area (Å²) in [4.78, 5) is 3.71. The Balaban J connectivity index is 1.84. The summed E-state index contributed by atoms with van der Waals surface area (Å²) in [5.41, 5.74) is 4.04. The first-order valence-corrected chi connectivity index (χ1v) is 8.72. The molecule has 114 valence electrons. The van der Waals surface area contributed by atoms with Gasteiger partial charge in [-0.05, 0) is 23.3 Å². The first-order chi connectivity index (χ1) is 11.3. The standard InChI is InChI=1S/C21H19NS/c1-22-19-14-8-9-15-20(19)23-21(22,18-12-6-3-7-13-18)16-17-10-4-2-5-11-17/h2-15H,16H2,1H3. The van der Waals surface area contributed by atoms with Gasteiger partial charge >= 0.3 is 0 Å². The van der Waals surface area contributed by atoms with Crippen molar-refractivity contribution in [3.05, 3.63) is 96.1 Å². The van der Waals surface area contributed by atoms with Gasteiger partial charge in [0.15, 0.2) is 0 Å². The third kappa shape index (κ3) is 2.43. The number of likely N-dealkylation sites (N-methyl/N-ethyl adjacent to an activating group) is 1. The van der Waals surface area contributed by atoms with Gasteiger partial charge < -0.3 is 4.90 Å². The van der Waals surface area contributed by atoms with Crippen LogP contribution < -0.4 is 4.90 Å². The number of nitrogens with zero attached hydrogens (tertiary/aromatic N) is 1. The monoisotopic (exact) mass is 317 g/mol. The summed E-state index contributed by atoms with van der Waals surface area (Å²) in [7, 11) is 2.22. The van der Waals surface area contributed by atoms with Crippen molar-refractivity contribution >= 4 is 17.4 Å². The van der Waals surface area contributed by atoms with Gasteiger partial charge in [0.05, 0.1) is 5.69 Å². The van der Waals surface area contributed by atoms with E-state index in [0.29, 0.717) is 0 Å². The van der Waals surface area contributed by atoms with Gasteiger partial charge in [0.2, 0.25) is 0 Å². The van der Waals surface area contributed by atoms with Crippen LogP contribution in [0, 0.1) is 0 Å². The van der Waals surface area contributed by atoms with E-state index in [1.807, 2.05) is 11.8 Å². The Labute approximate surface area is 142 Å². The molecule has 23 heavy (non-hydrogen) atoms. The third-order valence-corrected chi connectivity index (χ3v) is 6.12. The molecule has 1 heterocycles.